The summed E-state index contributed by atoms with van der Waals surface area (Å²) in [7, 11) is 0. The van der Waals surface area contributed by atoms with Gasteiger partial charge in [0.15, 0.2) is 0 Å². The fourth-order valence-electron chi connectivity index (χ4n) is 3.00. The van der Waals surface area contributed by atoms with E-state index in [1.165, 1.54) is 5.56 Å². The molecule has 1 aliphatic heterocycles. The van der Waals surface area contributed by atoms with Gasteiger partial charge in [-0.2, -0.15) is 0 Å². The molecule has 2 heterocycles. The maximum Gasteiger partial charge on any atom is 0.232 e. The van der Waals surface area contributed by atoms with E-state index in [-0.39, 0.29) is 11.8 Å². The Morgan fingerprint density at radius 3 is 2.74 bits per heavy atom. The minimum atomic E-state index is -0.679. The number of rotatable bonds is 4. The first-order valence-electron chi connectivity index (χ1n) is 7.75. The third-order valence-electron chi connectivity index (χ3n) is 4.34. The topological polar surface area (TPSA) is 58.2 Å². The molecular formula is C18H20N2O2S. The molecule has 0 bridgehead atoms. The van der Waals surface area contributed by atoms with Gasteiger partial charge in [0.25, 0.3) is 0 Å². The van der Waals surface area contributed by atoms with Crippen molar-refractivity contribution in [3.8, 4) is 0 Å². The number of benzene rings is 1. The van der Waals surface area contributed by atoms with Crippen molar-refractivity contribution in [3.05, 3.63) is 57.8 Å². The van der Waals surface area contributed by atoms with Gasteiger partial charge in [0.05, 0.1) is 12.0 Å². The molecule has 5 heteroatoms. The smallest absolute Gasteiger partial charge is 0.232 e. The van der Waals surface area contributed by atoms with Crippen LogP contribution in [0.25, 0.3) is 0 Å². The van der Waals surface area contributed by atoms with Crippen molar-refractivity contribution >= 4 is 23.2 Å². The van der Waals surface area contributed by atoms with Crippen LogP contribution in [0.5, 0.6) is 0 Å². The van der Waals surface area contributed by atoms with E-state index in [1.54, 1.807) is 11.3 Å². The van der Waals surface area contributed by atoms with Crippen molar-refractivity contribution < 1.29 is 9.59 Å². The molecule has 3 rings (SSSR count). The number of aryl methyl sites for hydroxylation is 1. The summed E-state index contributed by atoms with van der Waals surface area (Å²) in [5.74, 6) is -0.00649. The molecule has 1 aromatic heterocycles. The van der Waals surface area contributed by atoms with E-state index in [4.69, 9.17) is 0 Å². The largest absolute Gasteiger partial charge is 0.355 e. The second-order valence-electron chi connectivity index (χ2n) is 6.00. The molecule has 4 nitrogen and oxygen atoms in total. The summed E-state index contributed by atoms with van der Waals surface area (Å²) < 4.78 is 0. The van der Waals surface area contributed by atoms with E-state index in [0.29, 0.717) is 25.9 Å². The van der Waals surface area contributed by atoms with Gasteiger partial charge in [-0.25, -0.2) is 0 Å². The quantitative estimate of drug-likeness (QED) is 0.906. The highest BCUT2D eigenvalue weighted by molar-refractivity contribution is 7.10. The van der Waals surface area contributed by atoms with Crippen LogP contribution in [-0.4, -0.2) is 18.4 Å². The van der Waals surface area contributed by atoms with E-state index in [0.717, 1.165) is 10.4 Å². The Hall–Kier alpha value is -2.14. The van der Waals surface area contributed by atoms with Crippen LogP contribution in [0.15, 0.2) is 41.8 Å². The third kappa shape index (κ3) is 3.29. The molecule has 1 aromatic carbocycles. The molecular weight excluding hydrogens is 308 g/mol. The van der Waals surface area contributed by atoms with Gasteiger partial charge >= 0.3 is 0 Å². The minimum absolute atomic E-state index is 0.0123. The van der Waals surface area contributed by atoms with Crippen LogP contribution in [0.1, 0.15) is 28.8 Å². The number of nitrogens with one attached hydrogen (secondary N) is 2. The number of piperidine rings is 1. The molecule has 0 aliphatic carbocycles. The fraction of sp³-hybridized carbons (Fsp3) is 0.333. The number of amides is 2. The standard InChI is InChI=1S/C18H20N2O2S/c1-13-9-15(23-11-13)10-19-17(22)18(8-7-16(21)20-12-18)14-5-3-2-4-6-14/h2-6,9,11H,7-8,10,12H2,1H3,(H,19,22)(H,20,21)/t18-/m1/s1. The molecule has 2 N–H and O–H groups in total. The predicted octanol–water partition coefficient (Wildman–Crippen LogP) is 2.52. The SMILES string of the molecule is Cc1csc(CNC(=O)[C@]2(c3ccccc3)CCC(=O)NC2)c1. The van der Waals surface area contributed by atoms with E-state index >= 15 is 0 Å². The molecule has 1 aliphatic rings. The molecule has 0 spiro atoms. The second-order valence-corrected chi connectivity index (χ2v) is 6.99. The van der Waals surface area contributed by atoms with Crippen molar-refractivity contribution in [2.24, 2.45) is 0 Å². The van der Waals surface area contributed by atoms with Gasteiger partial charge in [-0.1, -0.05) is 30.3 Å². The number of carbonyl (C=O) groups excluding carboxylic acids is 2. The van der Waals surface area contributed by atoms with Crippen LogP contribution in [0, 0.1) is 6.92 Å². The average molecular weight is 328 g/mol. The maximum absolute atomic E-state index is 12.9. The summed E-state index contributed by atoms with van der Waals surface area (Å²) in [6.45, 7) is 2.93. The Bertz CT molecular complexity index is 699. The zero-order valence-electron chi connectivity index (χ0n) is 13.1. The van der Waals surface area contributed by atoms with Gasteiger partial charge in [0, 0.05) is 17.8 Å². The lowest BCUT2D eigenvalue weighted by molar-refractivity contribution is -0.131. The Morgan fingerprint density at radius 1 is 1.35 bits per heavy atom. The highest BCUT2D eigenvalue weighted by Gasteiger charge is 2.42. The first-order valence-corrected chi connectivity index (χ1v) is 8.63. The van der Waals surface area contributed by atoms with Crippen LogP contribution in [0.2, 0.25) is 0 Å². The highest BCUT2D eigenvalue weighted by atomic mass is 32.1. The Morgan fingerprint density at radius 2 is 2.13 bits per heavy atom. The van der Waals surface area contributed by atoms with E-state index in [2.05, 4.69) is 22.1 Å². The molecule has 2 aromatic rings. The molecule has 1 atom stereocenters. The van der Waals surface area contributed by atoms with Gasteiger partial charge in [-0.05, 0) is 35.9 Å². The zero-order valence-corrected chi connectivity index (χ0v) is 13.9. The van der Waals surface area contributed by atoms with Crippen molar-refractivity contribution in [1.29, 1.82) is 0 Å². The lowest BCUT2D eigenvalue weighted by atomic mass is 9.73. The number of carbonyl (C=O) groups is 2. The van der Waals surface area contributed by atoms with E-state index in [9.17, 15) is 9.59 Å². The summed E-state index contributed by atoms with van der Waals surface area (Å²) in [5.41, 5.74) is 1.49. The molecule has 0 radical (unpaired) electrons. The summed E-state index contributed by atoms with van der Waals surface area (Å²) in [6, 6.07) is 11.8. The monoisotopic (exact) mass is 328 g/mol. The number of hydrogen-bond acceptors (Lipinski definition) is 3. The third-order valence-corrected chi connectivity index (χ3v) is 5.39. The summed E-state index contributed by atoms with van der Waals surface area (Å²) >= 11 is 1.65. The molecule has 2 amide bonds. The second kappa shape index (κ2) is 6.54. The van der Waals surface area contributed by atoms with Crippen LogP contribution >= 0.6 is 11.3 Å². The Balaban J connectivity index is 1.80. The number of thiophene rings is 1. The van der Waals surface area contributed by atoms with Crippen LogP contribution in [-0.2, 0) is 21.5 Å². The van der Waals surface area contributed by atoms with Gasteiger partial charge in [0.2, 0.25) is 11.8 Å². The molecule has 1 fully saturated rings. The summed E-state index contributed by atoms with van der Waals surface area (Å²) in [6.07, 6.45) is 0.915. The lowest BCUT2D eigenvalue weighted by Crippen LogP contribution is -2.55. The van der Waals surface area contributed by atoms with Crippen molar-refractivity contribution in [2.45, 2.75) is 31.7 Å². The van der Waals surface area contributed by atoms with E-state index < -0.39 is 5.41 Å². The summed E-state index contributed by atoms with van der Waals surface area (Å²) in [4.78, 5) is 25.6. The first-order chi connectivity index (χ1) is 11.1. The molecule has 0 unspecified atom stereocenters. The molecule has 120 valence electrons. The Labute approximate surface area is 139 Å². The molecule has 1 saturated heterocycles. The van der Waals surface area contributed by atoms with Crippen LogP contribution < -0.4 is 10.6 Å². The van der Waals surface area contributed by atoms with Crippen LogP contribution in [0.4, 0.5) is 0 Å². The van der Waals surface area contributed by atoms with Gasteiger partial charge in [0.1, 0.15) is 0 Å². The zero-order chi connectivity index (χ0) is 16.3. The fourth-order valence-corrected chi connectivity index (χ4v) is 3.82. The van der Waals surface area contributed by atoms with Crippen molar-refractivity contribution in [1.82, 2.24) is 10.6 Å². The van der Waals surface area contributed by atoms with Gasteiger partial charge in [-0.3, -0.25) is 9.59 Å². The Kier molecular flexibility index (Phi) is 4.48. The number of hydrogen-bond donors (Lipinski definition) is 2. The predicted molar refractivity (Wildman–Crippen MR) is 91.3 cm³/mol. The summed E-state index contributed by atoms with van der Waals surface area (Å²) in [5, 5.41) is 7.99. The first kappa shape index (κ1) is 15.7. The minimum Gasteiger partial charge on any atom is -0.355 e. The van der Waals surface area contributed by atoms with Gasteiger partial charge in [-0.15, -0.1) is 11.3 Å². The van der Waals surface area contributed by atoms with Crippen LogP contribution in [0.3, 0.4) is 0 Å². The molecule has 23 heavy (non-hydrogen) atoms. The van der Waals surface area contributed by atoms with Crippen molar-refractivity contribution in [2.75, 3.05) is 6.54 Å². The highest BCUT2D eigenvalue weighted by Crippen LogP contribution is 2.32. The van der Waals surface area contributed by atoms with E-state index in [1.807, 2.05) is 37.3 Å². The molecule has 0 saturated carbocycles. The average Bonchev–Trinajstić information content (AvgIpc) is 3.00. The maximum atomic E-state index is 12.9. The lowest BCUT2D eigenvalue weighted by Gasteiger charge is -2.36. The normalized spacial score (nSPS) is 20.8. The van der Waals surface area contributed by atoms with Crippen molar-refractivity contribution in [3.63, 3.8) is 0 Å². The van der Waals surface area contributed by atoms with Gasteiger partial charge < -0.3 is 10.6 Å².